The van der Waals surface area contributed by atoms with E-state index in [1.807, 2.05) is 10.9 Å². The monoisotopic (exact) mass is 259 g/mol. The first-order chi connectivity index (χ1) is 8.88. The van der Waals surface area contributed by atoms with Gasteiger partial charge in [-0.15, -0.1) is 11.3 Å². The Labute approximate surface area is 111 Å². The van der Waals surface area contributed by atoms with Gasteiger partial charge < -0.3 is 0 Å². The lowest BCUT2D eigenvalue weighted by atomic mass is 9.79. The predicted octanol–water partition coefficient (Wildman–Crippen LogP) is 2.96. The molecule has 1 saturated carbocycles. The van der Waals surface area contributed by atoms with Crippen molar-refractivity contribution in [3.8, 4) is 0 Å². The van der Waals surface area contributed by atoms with Crippen LogP contribution in [0.25, 0.3) is 0 Å². The van der Waals surface area contributed by atoms with Gasteiger partial charge in [0.15, 0.2) is 0 Å². The van der Waals surface area contributed by atoms with Gasteiger partial charge >= 0.3 is 0 Å². The van der Waals surface area contributed by atoms with Crippen LogP contribution in [0.4, 0.5) is 0 Å². The Bertz CT molecular complexity index is 506. The average Bonchev–Trinajstić information content (AvgIpc) is 2.82. The molecule has 0 amide bonds. The van der Waals surface area contributed by atoms with E-state index in [1.165, 1.54) is 30.4 Å². The second kappa shape index (κ2) is 5.18. The van der Waals surface area contributed by atoms with Crippen molar-refractivity contribution in [2.75, 3.05) is 0 Å². The maximum absolute atomic E-state index is 5.68. The van der Waals surface area contributed by atoms with Gasteiger partial charge in [-0.3, -0.25) is 5.84 Å². The number of nitrogens with two attached hydrogens (primary N) is 1. The summed E-state index contributed by atoms with van der Waals surface area (Å²) in [5, 5.41) is 2.04. The van der Waals surface area contributed by atoms with Gasteiger partial charge in [0.25, 0.3) is 0 Å². The van der Waals surface area contributed by atoms with Crippen LogP contribution in [0.2, 0.25) is 0 Å². The summed E-state index contributed by atoms with van der Waals surface area (Å²) in [6.45, 7) is 0. The molecule has 94 valence electrons. The molecule has 0 aliphatic heterocycles. The van der Waals surface area contributed by atoms with Gasteiger partial charge in [-0.05, 0) is 29.9 Å². The van der Waals surface area contributed by atoms with E-state index in [0.29, 0.717) is 0 Å². The molecule has 1 aromatic heterocycles. The first-order valence-corrected chi connectivity index (χ1v) is 7.27. The Morgan fingerprint density at radius 1 is 1.39 bits per heavy atom. The van der Waals surface area contributed by atoms with E-state index in [0.717, 1.165) is 11.6 Å². The molecule has 18 heavy (non-hydrogen) atoms. The van der Waals surface area contributed by atoms with Gasteiger partial charge in [-0.2, -0.15) is 0 Å². The topological polar surface area (TPSA) is 50.9 Å². The zero-order valence-corrected chi connectivity index (χ0v) is 11.0. The number of thiazole rings is 1. The molecule has 1 unspecified atom stereocenters. The van der Waals surface area contributed by atoms with Gasteiger partial charge in [-0.25, -0.2) is 10.4 Å². The SMILES string of the molecule is NNC(c1cccc(C2CCC2)c1)c1cscn1. The maximum Gasteiger partial charge on any atom is 0.0890 e. The summed E-state index contributed by atoms with van der Waals surface area (Å²) in [4.78, 5) is 4.35. The van der Waals surface area contributed by atoms with Crippen LogP contribution in [0.5, 0.6) is 0 Å². The van der Waals surface area contributed by atoms with Crippen molar-refractivity contribution >= 4 is 11.3 Å². The molecular weight excluding hydrogens is 242 g/mol. The first kappa shape index (κ1) is 11.8. The van der Waals surface area contributed by atoms with Gasteiger partial charge in [-0.1, -0.05) is 30.7 Å². The van der Waals surface area contributed by atoms with Crippen molar-refractivity contribution < 1.29 is 0 Å². The average molecular weight is 259 g/mol. The fourth-order valence-electron chi connectivity index (χ4n) is 2.45. The predicted molar refractivity (Wildman–Crippen MR) is 74.3 cm³/mol. The summed E-state index contributed by atoms with van der Waals surface area (Å²) in [6.07, 6.45) is 4.00. The Morgan fingerprint density at radius 2 is 2.28 bits per heavy atom. The highest BCUT2D eigenvalue weighted by Crippen LogP contribution is 2.37. The molecule has 1 aromatic carbocycles. The maximum atomic E-state index is 5.68. The molecule has 0 radical (unpaired) electrons. The van der Waals surface area contributed by atoms with Crippen LogP contribution < -0.4 is 11.3 Å². The van der Waals surface area contributed by atoms with Crippen molar-refractivity contribution in [3.05, 3.63) is 52.0 Å². The molecule has 0 bridgehead atoms. The van der Waals surface area contributed by atoms with Crippen LogP contribution in [-0.4, -0.2) is 4.98 Å². The summed E-state index contributed by atoms with van der Waals surface area (Å²) >= 11 is 1.60. The molecule has 1 fully saturated rings. The highest BCUT2D eigenvalue weighted by Gasteiger charge is 2.21. The second-order valence-electron chi connectivity index (χ2n) is 4.81. The van der Waals surface area contributed by atoms with Crippen molar-refractivity contribution in [3.63, 3.8) is 0 Å². The Morgan fingerprint density at radius 3 is 2.89 bits per heavy atom. The number of benzene rings is 1. The van der Waals surface area contributed by atoms with E-state index in [1.54, 1.807) is 11.3 Å². The smallest absolute Gasteiger partial charge is 0.0890 e. The fourth-order valence-corrected chi connectivity index (χ4v) is 3.03. The number of nitrogens with zero attached hydrogens (tertiary/aromatic N) is 1. The summed E-state index contributed by atoms with van der Waals surface area (Å²) in [7, 11) is 0. The summed E-state index contributed by atoms with van der Waals surface area (Å²) in [6, 6.07) is 8.73. The van der Waals surface area contributed by atoms with Crippen LogP contribution >= 0.6 is 11.3 Å². The highest BCUT2D eigenvalue weighted by molar-refractivity contribution is 7.07. The molecule has 1 atom stereocenters. The van der Waals surface area contributed by atoms with E-state index >= 15 is 0 Å². The molecule has 1 aliphatic rings. The lowest BCUT2D eigenvalue weighted by molar-refractivity contribution is 0.419. The van der Waals surface area contributed by atoms with Crippen LogP contribution in [-0.2, 0) is 0 Å². The quantitative estimate of drug-likeness (QED) is 0.655. The minimum atomic E-state index is -0.00345. The lowest BCUT2D eigenvalue weighted by Gasteiger charge is -2.26. The summed E-state index contributed by atoms with van der Waals surface area (Å²) in [5.41, 5.74) is 8.34. The molecule has 1 heterocycles. The third-order valence-corrected chi connectivity index (χ3v) is 4.34. The summed E-state index contributed by atoms with van der Waals surface area (Å²) < 4.78 is 0. The second-order valence-corrected chi connectivity index (χ2v) is 5.53. The van der Waals surface area contributed by atoms with Crippen LogP contribution in [0.3, 0.4) is 0 Å². The number of hydrazine groups is 1. The van der Waals surface area contributed by atoms with Crippen LogP contribution in [0.1, 0.15) is 48.0 Å². The highest BCUT2D eigenvalue weighted by atomic mass is 32.1. The standard InChI is InChI=1S/C14H17N3S/c15-17-14(13-8-18-9-16-13)12-6-2-5-11(7-12)10-3-1-4-10/h2,5-10,14,17H,1,3-4,15H2. The van der Waals surface area contributed by atoms with E-state index < -0.39 is 0 Å². The molecule has 2 aromatic rings. The molecule has 0 saturated heterocycles. The Kier molecular flexibility index (Phi) is 3.41. The normalized spacial score (nSPS) is 17.4. The lowest BCUT2D eigenvalue weighted by Crippen LogP contribution is -2.29. The third kappa shape index (κ3) is 2.19. The minimum Gasteiger partial charge on any atom is -0.271 e. The number of aromatic nitrogens is 1. The zero-order valence-electron chi connectivity index (χ0n) is 10.2. The van der Waals surface area contributed by atoms with E-state index in [4.69, 9.17) is 5.84 Å². The number of hydrogen-bond donors (Lipinski definition) is 2. The van der Waals surface area contributed by atoms with Crippen molar-refractivity contribution in [2.45, 2.75) is 31.2 Å². The molecule has 1 aliphatic carbocycles. The molecule has 4 heteroatoms. The van der Waals surface area contributed by atoms with Crippen molar-refractivity contribution in [2.24, 2.45) is 5.84 Å². The molecule has 3 N–H and O–H groups in total. The third-order valence-electron chi connectivity index (χ3n) is 3.73. The van der Waals surface area contributed by atoms with Crippen LogP contribution in [0, 0.1) is 0 Å². The Hall–Kier alpha value is -1.23. The van der Waals surface area contributed by atoms with Crippen molar-refractivity contribution in [1.29, 1.82) is 0 Å². The number of hydrogen-bond acceptors (Lipinski definition) is 4. The molecule has 3 nitrogen and oxygen atoms in total. The van der Waals surface area contributed by atoms with Gasteiger partial charge in [0.1, 0.15) is 0 Å². The van der Waals surface area contributed by atoms with E-state index in [2.05, 4.69) is 34.7 Å². The van der Waals surface area contributed by atoms with Crippen LogP contribution in [0.15, 0.2) is 35.2 Å². The van der Waals surface area contributed by atoms with Crippen molar-refractivity contribution in [1.82, 2.24) is 10.4 Å². The molecule has 0 spiro atoms. The van der Waals surface area contributed by atoms with Gasteiger partial charge in [0.2, 0.25) is 0 Å². The Balaban J connectivity index is 1.90. The first-order valence-electron chi connectivity index (χ1n) is 6.32. The van der Waals surface area contributed by atoms with Gasteiger partial charge in [0.05, 0.1) is 17.2 Å². The fraction of sp³-hybridized carbons (Fsp3) is 0.357. The number of nitrogens with one attached hydrogen (secondary N) is 1. The molecule has 3 rings (SSSR count). The van der Waals surface area contributed by atoms with E-state index in [9.17, 15) is 0 Å². The van der Waals surface area contributed by atoms with E-state index in [-0.39, 0.29) is 6.04 Å². The minimum absolute atomic E-state index is 0.00345. The molecular formula is C14H17N3S. The number of rotatable bonds is 4. The zero-order chi connectivity index (χ0) is 12.4. The van der Waals surface area contributed by atoms with Gasteiger partial charge in [0, 0.05) is 5.38 Å². The summed E-state index contributed by atoms with van der Waals surface area (Å²) in [5.74, 6) is 6.43. The largest absolute Gasteiger partial charge is 0.271 e.